The Kier molecular flexibility index (Phi) is 2.15. The van der Waals surface area contributed by atoms with Crippen molar-refractivity contribution in [2.45, 2.75) is 33.1 Å². The van der Waals surface area contributed by atoms with Crippen molar-refractivity contribution in [3.8, 4) is 0 Å². The van der Waals surface area contributed by atoms with Crippen molar-refractivity contribution >= 4 is 11.5 Å². The third-order valence-electron chi connectivity index (χ3n) is 3.67. The molecule has 1 aromatic carbocycles. The lowest BCUT2D eigenvalue weighted by Crippen LogP contribution is -2.31. The summed E-state index contributed by atoms with van der Waals surface area (Å²) in [6.07, 6.45) is 2.45. The maximum atomic E-state index is 12.2. The average Bonchev–Trinajstić information content (AvgIpc) is 2.25. The van der Waals surface area contributed by atoms with Gasteiger partial charge in [0.05, 0.1) is 0 Å². The molecule has 0 saturated heterocycles. The number of hydrogen-bond acceptors (Lipinski definition) is 2. The van der Waals surface area contributed by atoms with Crippen LogP contribution >= 0.6 is 0 Å². The van der Waals surface area contributed by atoms with E-state index in [0.29, 0.717) is 12.2 Å². The molecule has 0 radical (unpaired) electrons. The topological polar surface area (TPSA) is 29.1 Å². The van der Waals surface area contributed by atoms with E-state index in [1.54, 1.807) is 0 Å². The number of benzene rings is 1. The maximum Gasteiger partial charge on any atom is 0.161 e. The molecule has 1 N–H and O–H groups in total. The fraction of sp³-hybridized carbons (Fsp3) is 0.400. The standard InChI is InChI=1S/C15H17NO/c1-15(2)8-13-11(14(17)9-15)7-10-5-3-4-6-12(10)16-13/h3-6,16H,7-9H2,1-2H3. The summed E-state index contributed by atoms with van der Waals surface area (Å²) in [5.41, 5.74) is 4.64. The molecule has 0 aromatic heterocycles. The van der Waals surface area contributed by atoms with Crippen LogP contribution in [0.1, 0.15) is 32.3 Å². The Morgan fingerprint density at radius 1 is 1.18 bits per heavy atom. The minimum absolute atomic E-state index is 0.0925. The summed E-state index contributed by atoms with van der Waals surface area (Å²) < 4.78 is 0. The lowest BCUT2D eigenvalue weighted by Gasteiger charge is -2.35. The minimum Gasteiger partial charge on any atom is -0.358 e. The van der Waals surface area contributed by atoms with Crippen LogP contribution in [0.5, 0.6) is 0 Å². The number of allylic oxidation sites excluding steroid dienone is 2. The van der Waals surface area contributed by atoms with Crippen LogP contribution in [0.25, 0.3) is 0 Å². The molecule has 0 atom stereocenters. The van der Waals surface area contributed by atoms with E-state index in [1.165, 1.54) is 5.56 Å². The fourth-order valence-corrected chi connectivity index (χ4v) is 2.83. The van der Waals surface area contributed by atoms with E-state index in [9.17, 15) is 4.79 Å². The van der Waals surface area contributed by atoms with Gasteiger partial charge in [-0.25, -0.2) is 0 Å². The minimum atomic E-state index is 0.0925. The van der Waals surface area contributed by atoms with Gasteiger partial charge in [-0.2, -0.15) is 0 Å². The number of carbonyl (C=O) groups excluding carboxylic acids is 1. The second-order valence-electron chi connectivity index (χ2n) is 5.86. The summed E-state index contributed by atoms with van der Waals surface area (Å²) in [6, 6.07) is 8.25. The van der Waals surface area contributed by atoms with E-state index in [1.807, 2.05) is 12.1 Å². The van der Waals surface area contributed by atoms with Gasteiger partial charge in [-0.3, -0.25) is 4.79 Å². The molecular formula is C15H17NO. The number of nitrogens with one attached hydrogen (secondary N) is 1. The van der Waals surface area contributed by atoms with Gasteiger partial charge in [0.1, 0.15) is 0 Å². The molecule has 1 aliphatic heterocycles. The highest BCUT2D eigenvalue weighted by molar-refractivity contribution is 5.99. The van der Waals surface area contributed by atoms with Crippen molar-refractivity contribution in [2.24, 2.45) is 5.41 Å². The Bertz CT molecular complexity index is 525. The van der Waals surface area contributed by atoms with Gasteiger partial charge in [-0.15, -0.1) is 0 Å². The van der Waals surface area contributed by atoms with Crippen molar-refractivity contribution in [3.63, 3.8) is 0 Å². The average molecular weight is 227 g/mol. The highest BCUT2D eigenvalue weighted by atomic mass is 16.1. The molecule has 0 spiro atoms. The van der Waals surface area contributed by atoms with Gasteiger partial charge in [-0.1, -0.05) is 32.0 Å². The number of Topliss-reactive ketones (excluding diaryl/α,β-unsaturated/α-hetero) is 1. The first-order valence-corrected chi connectivity index (χ1v) is 6.15. The van der Waals surface area contributed by atoms with Gasteiger partial charge in [0, 0.05) is 29.8 Å². The molecule has 0 amide bonds. The molecule has 1 aliphatic carbocycles. The SMILES string of the molecule is CC1(C)CC(=O)C2=C(C1)Nc1ccccc1C2. The Balaban J connectivity index is 2.02. The van der Waals surface area contributed by atoms with Crippen LogP contribution in [-0.4, -0.2) is 5.78 Å². The summed E-state index contributed by atoms with van der Waals surface area (Å²) in [6.45, 7) is 4.33. The number of fused-ring (bicyclic) bond motifs is 1. The second-order valence-corrected chi connectivity index (χ2v) is 5.86. The van der Waals surface area contributed by atoms with Gasteiger partial charge >= 0.3 is 0 Å². The summed E-state index contributed by atoms with van der Waals surface area (Å²) in [5, 5.41) is 3.44. The van der Waals surface area contributed by atoms with Gasteiger partial charge < -0.3 is 5.32 Å². The van der Waals surface area contributed by atoms with Crippen molar-refractivity contribution in [3.05, 3.63) is 41.1 Å². The second kappa shape index (κ2) is 3.46. The van der Waals surface area contributed by atoms with Gasteiger partial charge in [-0.05, 0) is 23.5 Å². The summed E-state index contributed by atoms with van der Waals surface area (Å²) in [4.78, 5) is 12.2. The molecule has 0 bridgehead atoms. The predicted molar refractivity (Wildman–Crippen MR) is 68.8 cm³/mol. The summed E-state index contributed by atoms with van der Waals surface area (Å²) >= 11 is 0. The van der Waals surface area contributed by atoms with Crippen LogP contribution in [0, 0.1) is 5.41 Å². The number of hydrogen-bond donors (Lipinski definition) is 1. The van der Waals surface area contributed by atoms with Crippen molar-refractivity contribution in [1.82, 2.24) is 0 Å². The lowest BCUT2D eigenvalue weighted by molar-refractivity contribution is -0.118. The summed E-state index contributed by atoms with van der Waals surface area (Å²) in [5.74, 6) is 0.318. The molecule has 0 saturated carbocycles. The molecule has 1 heterocycles. The Morgan fingerprint density at radius 2 is 1.94 bits per heavy atom. The molecule has 0 fully saturated rings. The third kappa shape index (κ3) is 1.78. The van der Waals surface area contributed by atoms with E-state index in [0.717, 1.165) is 29.8 Å². The number of para-hydroxylation sites is 1. The molecule has 2 heteroatoms. The van der Waals surface area contributed by atoms with E-state index < -0.39 is 0 Å². The Labute approximate surface area is 102 Å². The van der Waals surface area contributed by atoms with Crippen LogP contribution in [0.15, 0.2) is 35.5 Å². The van der Waals surface area contributed by atoms with Gasteiger partial charge in [0.2, 0.25) is 0 Å². The molecular weight excluding hydrogens is 210 g/mol. The third-order valence-corrected chi connectivity index (χ3v) is 3.67. The molecule has 0 unspecified atom stereocenters. The molecule has 2 nitrogen and oxygen atoms in total. The number of carbonyl (C=O) groups is 1. The van der Waals surface area contributed by atoms with Crippen LogP contribution in [-0.2, 0) is 11.2 Å². The first-order valence-electron chi connectivity index (χ1n) is 6.15. The first kappa shape index (κ1) is 10.6. The molecule has 1 aromatic rings. The number of ketones is 1. The normalized spacial score (nSPS) is 21.6. The number of anilines is 1. The first-order chi connectivity index (χ1) is 8.05. The monoisotopic (exact) mass is 227 g/mol. The lowest BCUT2D eigenvalue weighted by atomic mass is 9.73. The van der Waals surface area contributed by atoms with E-state index in [4.69, 9.17) is 0 Å². The summed E-state index contributed by atoms with van der Waals surface area (Å²) in [7, 11) is 0. The van der Waals surface area contributed by atoms with Crippen molar-refractivity contribution in [2.75, 3.05) is 5.32 Å². The van der Waals surface area contributed by atoms with Crippen LogP contribution in [0.3, 0.4) is 0 Å². The van der Waals surface area contributed by atoms with E-state index in [-0.39, 0.29) is 5.41 Å². The Hall–Kier alpha value is -1.57. The molecule has 3 rings (SSSR count). The highest BCUT2D eigenvalue weighted by Crippen LogP contribution is 2.41. The zero-order valence-electron chi connectivity index (χ0n) is 10.3. The molecule has 17 heavy (non-hydrogen) atoms. The van der Waals surface area contributed by atoms with Gasteiger partial charge in [0.25, 0.3) is 0 Å². The highest BCUT2D eigenvalue weighted by Gasteiger charge is 2.34. The zero-order chi connectivity index (χ0) is 12.0. The quantitative estimate of drug-likeness (QED) is 0.736. The molecule has 88 valence electrons. The maximum absolute atomic E-state index is 12.2. The van der Waals surface area contributed by atoms with E-state index in [2.05, 4.69) is 31.3 Å². The van der Waals surface area contributed by atoms with Crippen molar-refractivity contribution in [1.29, 1.82) is 0 Å². The van der Waals surface area contributed by atoms with Crippen LogP contribution in [0.2, 0.25) is 0 Å². The fourth-order valence-electron chi connectivity index (χ4n) is 2.83. The van der Waals surface area contributed by atoms with Crippen LogP contribution in [0.4, 0.5) is 5.69 Å². The van der Waals surface area contributed by atoms with Crippen molar-refractivity contribution < 1.29 is 4.79 Å². The van der Waals surface area contributed by atoms with Crippen LogP contribution < -0.4 is 5.32 Å². The smallest absolute Gasteiger partial charge is 0.161 e. The number of rotatable bonds is 0. The predicted octanol–water partition coefficient (Wildman–Crippen LogP) is 3.30. The largest absolute Gasteiger partial charge is 0.358 e. The van der Waals surface area contributed by atoms with E-state index >= 15 is 0 Å². The Morgan fingerprint density at radius 3 is 2.76 bits per heavy atom. The zero-order valence-corrected chi connectivity index (χ0v) is 10.3. The molecule has 2 aliphatic rings. The van der Waals surface area contributed by atoms with Gasteiger partial charge in [0.15, 0.2) is 5.78 Å².